The van der Waals surface area contributed by atoms with E-state index in [-0.39, 0.29) is 37.7 Å². The molecular formula is C33H32Cl2FN3O3. The second kappa shape index (κ2) is 15.1. The van der Waals surface area contributed by atoms with Gasteiger partial charge in [0.1, 0.15) is 11.6 Å². The van der Waals surface area contributed by atoms with Crippen molar-refractivity contribution in [2.24, 2.45) is 0 Å². The summed E-state index contributed by atoms with van der Waals surface area (Å²) in [6.45, 7) is 0.997. The smallest absolute Gasteiger partial charge is 0.303 e. The Hall–Kier alpha value is -4.33. The minimum atomic E-state index is -0.945. The minimum Gasteiger partial charge on any atom is -0.496 e. The van der Waals surface area contributed by atoms with Gasteiger partial charge in [-0.25, -0.2) is 4.39 Å². The molecule has 0 aliphatic rings. The molecule has 0 bridgehead atoms. The summed E-state index contributed by atoms with van der Waals surface area (Å²) in [4.78, 5) is 10.8. The van der Waals surface area contributed by atoms with Gasteiger partial charge in [-0.3, -0.25) is 9.48 Å². The zero-order chi connectivity index (χ0) is 27.9. The zero-order valence-electron chi connectivity index (χ0n) is 23.0. The molecule has 0 aliphatic carbocycles. The molecule has 0 amide bonds. The molecule has 0 unspecified atom stereocenters. The number of hydrogen-bond acceptors (Lipinski definition) is 4. The number of hydrogen-bond donors (Lipinski definition) is 2. The van der Waals surface area contributed by atoms with Gasteiger partial charge in [-0.2, -0.15) is 5.10 Å². The molecule has 6 nitrogen and oxygen atoms in total. The lowest BCUT2D eigenvalue weighted by molar-refractivity contribution is -0.136. The van der Waals surface area contributed by atoms with E-state index in [4.69, 9.17) is 14.9 Å². The van der Waals surface area contributed by atoms with Gasteiger partial charge in [-0.15, -0.1) is 24.8 Å². The molecule has 42 heavy (non-hydrogen) atoms. The van der Waals surface area contributed by atoms with E-state index in [0.29, 0.717) is 24.3 Å². The number of anilines is 1. The van der Waals surface area contributed by atoms with E-state index >= 15 is 0 Å². The summed E-state index contributed by atoms with van der Waals surface area (Å²) in [6, 6.07) is 33.2. The van der Waals surface area contributed by atoms with Gasteiger partial charge in [0.2, 0.25) is 0 Å². The number of nitrogens with one attached hydrogen (secondary N) is 1. The predicted octanol–water partition coefficient (Wildman–Crippen LogP) is 7.89. The number of rotatable bonds is 11. The highest BCUT2D eigenvalue weighted by Crippen LogP contribution is 2.29. The summed E-state index contributed by atoms with van der Waals surface area (Å²) in [5.41, 5.74) is 7.03. The second-order valence-corrected chi connectivity index (χ2v) is 9.50. The van der Waals surface area contributed by atoms with Crippen molar-refractivity contribution in [3.05, 3.63) is 126 Å². The molecule has 4 aromatic carbocycles. The maximum absolute atomic E-state index is 14.4. The Balaban J connectivity index is 0.00000242. The number of methoxy groups -OCH3 is 1. The highest BCUT2D eigenvalue weighted by Gasteiger charge is 2.14. The van der Waals surface area contributed by atoms with E-state index in [1.54, 1.807) is 19.2 Å². The lowest BCUT2D eigenvalue weighted by Crippen LogP contribution is -2.07. The van der Waals surface area contributed by atoms with Crippen LogP contribution in [0, 0.1) is 5.82 Å². The molecule has 0 spiro atoms. The number of aliphatic carboxylic acids is 1. The van der Waals surface area contributed by atoms with Gasteiger partial charge in [-0.05, 0) is 47.4 Å². The summed E-state index contributed by atoms with van der Waals surface area (Å²) >= 11 is 0. The molecule has 9 heteroatoms. The Labute approximate surface area is 257 Å². The molecule has 1 heterocycles. The maximum atomic E-state index is 14.4. The van der Waals surface area contributed by atoms with E-state index in [2.05, 4.69) is 35.6 Å². The van der Waals surface area contributed by atoms with Crippen molar-refractivity contribution in [2.45, 2.75) is 25.9 Å². The van der Waals surface area contributed by atoms with Crippen molar-refractivity contribution in [3.63, 3.8) is 0 Å². The lowest BCUT2D eigenvalue weighted by Gasteiger charge is -2.14. The van der Waals surface area contributed by atoms with Crippen LogP contribution in [0.5, 0.6) is 5.75 Å². The highest BCUT2D eigenvalue weighted by atomic mass is 35.5. The monoisotopic (exact) mass is 607 g/mol. The fourth-order valence-electron chi connectivity index (χ4n) is 4.63. The average molecular weight is 609 g/mol. The molecule has 2 N–H and O–H groups in total. The van der Waals surface area contributed by atoms with Crippen LogP contribution < -0.4 is 10.1 Å². The van der Waals surface area contributed by atoms with Crippen molar-refractivity contribution in [1.82, 2.24) is 9.78 Å². The molecule has 1 aromatic heterocycles. The summed E-state index contributed by atoms with van der Waals surface area (Å²) in [6.07, 6.45) is 0.0595. The van der Waals surface area contributed by atoms with Gasteiger partial charge in [-0.1, -0.05) is 78.9 Å². The Morgan fingerprint density at radius 1 is 0.881 bits per heavy atom. The Morgan fingerprint density at radius 2 is 1.55 bits per heavy atom. The standard InChI is InChI=1S/C33H30FN3O3.2ClH/c1-40-32-18-23(21-35-28-16-14-24(29(34)19-28)15-17-33(38)39)12-13-27(32)22-37-31(26-10-6-3-7-11-26)20-30(36-37)25-8-4-2-5-9-25;;/h2-14,16,18-20,35H,15,17,21-22H2,1H3,(H,38,39);2*1H. The molecule has 5 aromatic rings. The Morgan fingerprint density at radius 3 is 2.19 bits per heavy atom. The van der Waals surface area contributed by atoms with Crippen LogP contribution in [0.15, 0.2) is 103 Å². The number of halogens is 3. The average Bonchev–Trinajstić information content (AvgIpc) is 3.40. The topological polar surface area (TPSA) is 76.4 Å². The largest absolute Gasteiger partial charge is 0.496 e. The first-order valence-corrected chi connectivity index (χ1v) is 13.1. The number of ether oxygens (including phenoxy) is 1. The van der Waals surface area contributed by atoms with Crippen LogP contribution in [-0.4, -0.2) is 28.0 Å². The lowest BCUT2D eigenvalue weighted by atomic mass is 10.1. The number of carboxylic acids is 1. The Kier molecular flexibility index (Phi) is 11.5. The number of aryl methyl sites for hydroxylation is 1. The van der Waals surface area contributed by atoms with Crippen LogP contribution in [0.3, 0.4) is 0 Å². The fourth-order valence-corrected chi connectivity index (χ4v) is 4.63. The first-order chi connectivity index (χ1) is 19.5. The maximum Gasteiger partial charge on any atom is 0.303 e. The van der Waals surface area contributed by atoms with Crippen molar-refractivity contribution < 1.29 is 19.0 Å². The number of carboxylic acid groups (broad SMARTS) is 1. The van der Waals surface area contributed by atoms with Crippen LogP contribution in [0.2, 0.25) is 0 Å². The van der Waals surface area contributed by atoms with E-state index in [0.717, 1.165) is 39.4 Å². The van der Waals surface area contributed by atoms with E-state index in [1.165, 1.54) is 6.07 Å². The van der Waals surface area contributed by atoms with Gasteiger partial charge in [0.05, 0.1) is 25.0 Å². The minimum absolute atomic E-state index is 0. The fraction of sp³-hybridized carbons (Fsp3) is 0.152. The molecule has 0 aliphatic heterocycles. The van der Waals surface area contributed by atoms with Crippen LogP contribution in [0.4, 0.5) is 10.1 Å². The van der Waals surface area contributed by atoms with Gasteiger partial charge < -0.3 is 15.2 Å². The third kappa shape index (κ3) is 7.90. The van der Waals surface area contributed by atoms with E-state index < -0.39 is 11.8 Å². The molecule has 0 fully saturated rings. The third-order valence-electron chi connectivity index (χ3n) is 6.75. The van der Waals surface area contributed by atoms with Gasteiger partial charge >= 0.3 is 5.97 Å². The van der Waals surface area contributed by atoms with Crippen LogP contribution in [0.1, 0.15) is 23.1 Å². The predicted molar refractivity (Wildman–Crippen MR) is 169 cm³/mol. The SMILES string of the molecule is COc1cc(CNc2ccc(CCC(=O)O)c(F)c2)ccc1Cn1nc(-c2ccccc2)cc1-c1ccccc1.Cl.Cl. The van der Waals surface area contributed by atoms with Crippen molar-refractivity contribution in [3.8, 4) is 28.3 Å². The zero-order valence-corrected chi connectivity index (χ0v) is 24.6. The van der Waals surface area contributed by atoms with Crippen molar-refractivity contribution in [1.29, 1.82) is 0 Å². The normalized spacial score (nSPS) is 10.3. The van der Waals surface area contributed by atoms with Crippen molar-refractivity contribution >= 4 is 36.5 Å². The van der Waals surface area contributed by atoms with Crippen molar-refractivity contribution in [2.75, 3.05) is 12.4 Å². The number of nitrogens with zero attached hydrogens (tertiary/aromatic N) is 2. The number of benzene rings is 4. The van der Waals surface area contributed by atoms with Crippen LogP contribution in [0.25, 0.3) is 22.5 Å². The molecule has 0 atom stereocenters. The number of aromatic nitrogens is 2. The van der Waals surface area contributed by atoms with Gasteiger partial charge in [0.15, 0.2) is 0 Å². The quantitative estimate of drug-likeness (QED) is 0.160. The summed E-state index contributed by atoms with van der Waals surface area (Å²) in [5.74, 6) is -0.618. The molecule has 5 rings (SSSR count). The molecule has 0 saturated heterocycles. The summed E-state index contributed by atoms with van der Waals surface area (Å²) in [5, 5.41) is 17.0. The molecular weight excluding hydrogens is 576 g/mol. The first kappa shape index (κ1) is 32.2. The van der Waals surface area contributed by atoms with Crippen LogP contribution >= 0.6 is 24.8 Å². The van der Waals surface area contributed by atoms with E-state index in [9.17, 15) is 9.18 Å². The number of carbonyl (C=O) groups is 1. The third-order valence-corrected chi connectivity index (χ3v) is 6.75. The van der Waals surface area contributed by atoms with Crippen LogP contribution in [-0.2, 0) is 24.3 Å². The summed E-state index contributed by atoms with van der Waals surface area (Å²) in [7, 11) is 1.65. The highest BCUT2D eigenvalue weighted by molar-refractivity contribution is 5.85. The first-order valence-electron chi connectivity index (χ1n) is 13.1. The van der Waals surface area contributed by atoms with Gasteiger partial charge in [0.25, 0.3) is 0 Å². The Bertz CT molecular complexity index is 1610. The summed E-state index contributed by atoms with van der Waals surface area (Å²) < 4.78 is 22.2. The molecule has 218 valence electrons. The molecule has 0 saturated carbocycles. The second-order valence-electron chi connectivity index (χ2n) is 9.50. The van der Waals surface area contributed by atoms with Gasteiger partial charge in [0, 0.05) is 29.8 Å². The van der Waals surface area contributed by atoms with E-state index in [1.807, 2.05) is 59.3 Å². The molecule has 0 radical (unpaired) electrons.